The van der Waals surface area contributed by atoms with Gasteiger partial charge < -0.3 is 9.80 Å². The normalized spacial score (nSPS) is 22.1. The minimum Gasteiger partial charge on any atom is -0.370 e. The molecule has 0 amide bonds. The van der Waals surface area contributed by atoms with Crippen molar-refractivity contribution in [2.24, 2.45) is 0 Å². The van der Waals surface area contributed by atoms with Gasteiger partial charge in [0.25, 0.3) is 0 Å². The minimum atomic E-state index is -0.109. The van der Waals surface area contributed by atoms with E-state index in [1.54, 1.807) is 12.1 Å². The van der Waals surface area contributed by atoms with E-state index >= 15 is 0 Å². The van der Waals surface area contributed by atoms with E-state index in [2.05, 4.69) is 45.0 Å². The molecule has 3 nitrogen and oxygen atoms in total. The molecule has 4 rings (SSSR count). The Morgan fingerprint density at radius 3 is 2.21 bits per heavy atom. The number of benzene rings is 2. The SMILES string of the molecule is Fc1ccccc1N1CCN(C2CCN(c3ccccc3)C2)CC1. The minimum absolute atomic E-state index is 0.109. The van der Waals surface area contributed by atoms with Crippen molar-refractivity contribution >= 4 is 11.4 Å². The van der Waals surface area contributed by atoms with Crippen LogP contribution in [-0.4, -0.2) is 50.2 Å². The lowest BCUT2D eigenvalue weighted by molar-refractivity contribution is 0.197. The van der Waals surface area contributed by atoms with Gasteiger partial charge in [0.15, 0.2) is 0 Å². The fourth-order valence-corrected chi connectivity index (χ4v) is 3.95. The second kappa shape index (κ2) is 6.81. The van der Waals surface area contributed by atoms with E-state index in [1.165, 1.54) is 12.1 Å². The number of hydrogen-bond acceptors (Lipinski definition) is 3. The summed E-state index contributed by atoms with van der Waals surface area (Å²) in [5.74, 6) is -0.109. The van der Waals surface area contributed by atoms with E-state index in [4.69, 9.17) is 0 Å². The molecule has 0 spiro atoms. The van der Waals surface area contributed by atoms with Crippen LogP contribution in [0.2, 0.25) is 0 Å². The first kappa shape index (κ1) is 15.5. The van der Waals surface area contributed by atoms with Gasteiger partial charge in [-0.05, 0) is 30.7 Å². The van der Waals surface area contributed by atoms with Crippen molar-refractivity contribution in [2.75, 3.05) is 49.1 Å². The van der Waals surface area contributed by atoms with Gasteiger partial charge in [0, 0.05) is 51.0 Å². The zero-order valence-corrected chi connectivity index (χ0v) is 13.9. The lowest BCUT2D eigenvalue weighted by atomic mass is 10.1. The van der Waals surface area contributed by atoms with E-state index in [0.717, 1.165) is 45.0 Å². The van der Waals surface area contributed by atoms with E-state index in [9.17, 15) is 4.39 Å². The molecule has 1 unspecified atom stereocenters. The highest BCUT2D eigenvalue weighted by atomic mass is 19.1. The van der Waals surface area contributed by atoms with Crippen LogP contribution < -0.4 is 9.80 Å². The maximum Gasteiger partial charge on any atom is 0.146 e. The lowest BCUT2D eigenvalue weighted by Crippen LogP contribution is -2.51. The first-order valence-corrected chi connectivity index (χ1v) is 8.85. The summed E-state index contributed by atoms with van der Waals surface area (Å²) in [5.41, 5.74) is 2.07. The highest BCUT2D eigenvalue weighted by Crippen LogP contribution is 2.25. The van der Waals surface area contributed by atoms with Crippen LogP contribution in [0.3, 0.4) is 0 Å². The summed E-state index contributed by atoms with van der Waals surface area (Å²) < 4.78 is 13.9. The smallest absolute Gasteiger partial charge is 0.146 e. The fourth-order valence-electron chi connectivity index (χ4n) is 3.95. The maximum atomic E-state index is 13.9. The first-order chi connectivity index (χ1) is 11.8. The van der Waals surface area contributed by atoms with Gasteiger partial charge in [0.1, 0.15) is 5.82 Å². The van der Waals surface area contributed by atoms with Gasteiger partial charge >= 0.3 is 0 Å². The number of rotatable bonds is 3. The van der Waals surface area contributed by atoms with Crippen LogP contribution in [0.1, 0.15) is 6.42 Å². The summed E-state index contributed by atoms with van der Waals surface area (Å²) in [6, 6.07) is 18.4. The molecule has 2 heterocycles. The molecule has 126 valence electrons. The highest BCUT2D eigenvalue weighted by Gasteiger charge is 2.30. The Balaban J connectivity index is 1.35. The molecule has 0 aromatic heterocycles. The lowest BCUT2D eigenvalue weighted by Gasteiger charge is -2.39. The van der Waals surface area contributed by atoms with Crippen molar-refractivity contribution in [1.29, 1.82) is 0 Å². The van der Waals surface area contributed by atoms with Gasteiger partial charge in [0.2, 0.25) is 0 Å². The maximum absolute atomic E-state index is 13.9. The van der Waals surface area contributed by atoms with Crippen LogP contribution in [-0.2, 0) is 0 Å². The third-order valence-electron chi connectivity index (χ3n) is 5.31. The zero-order valence-electron chi connectivity index (χ0n) is 13.9. The summed E-state index contributed by atoms with van der Waals surface area (Å²) in [5, 5.41) is 0. The van der Waals surface area contributed by atoms with Crippen LogP contribution in [0.15, 0.2) is 54.6 Å². The number of nitrogens with zero attached hydrogens (tertiary/aromatic N) is 3. The van der Waals surface area contributed by atoms with Crippen molar-refractivity contribution in [3.8, 4) is 0 Å². The summed E-state index contributed by atoms with van der Waals surface area (Å²) >= 11 is 0. The van der Waals surface area contributed by atoms with Crippen molar-refractivity contribution < 1.29 is 4.39 Å². The van der Waals surface area contributed by atoms with E-state index < -0.39 is 0 Å². The average Bonchev–Trinajstić information content (AvgIpc) is 3.13. The standard InChI is InChI=1S/C20H24FN3/c21-19-8-4-5-9-20(19)23-14-12-22(13-15-23)18-10-11-24(16-18)17-6-2-1-3-7-17/h1-9,18H,10-16H2. The monoisotopic (exact) mass is 325 g/mol. The van der Waals surface area contributed by atoms with Crippen LogP contribution in [0.4, 0.5) is 15.8 Å². The molecule has 2 fully saturated rings. The van der Waals surface area contributed by atoms with Gasteiger partial charge in [0.05, 0.1) is 5.69 Å². The number of piperazine rings is 1. The van der Waals surface area contributed by atoms with E-state index in [0.29, 0.717) is 6.04 Å². The van der Waals surface area contributed by atoms with E-state index in [-0.39, 0.29) is 5.82 Å². The Hall–Kier alpha value is -2.07. The van der Waals surface area contributed by atoms with Gasteiger partial charge in [-0.2, -0.15) is 0 Å². The highest BCUT2D eigenvalue weighted by molar-refractivity contribution is 5.49. The third kappa shape index (κ3) is 3.11. The third-order valence-corrected chi connectivity index (χ3v) is 5.31. The molecule has 0 bridgehead atoms. The quantitative estimate of drug-likeness (QED) is 0.858. The predicted octanol–water partition coefficient (Wildman–Crippen LogP) is 3.23. The molecule has 4 heteroatoms. The Labute approximate surface area is 143 Å². The molecular formula is C20H24FN3. The Kier molecular flexibility index (Phi) is 4.39. The molecule has 0 aliphatic carbocycles. The Morgan fingerprint density at radius 1 is 0.750 bits per heavy atom. The van der Waals surface area contributed by atoms with Crippen molar-refractivity contribution in [1.82, 2.24) is 4.90 Å². The first-order valence-electron chi connectivity index (χ1n) is 8.85. The Morgan fingerprint density at radius 2 is 1.46 bits per heavy atom. The topological polar surface area (TPSA) is 9.72 Å². The van der Waals surface area contributed by atoms with Gasteiger partial charge in [-0.25, -0.2) is 4.39 Å². The zero-order chi connectivity index (χ0) is 16.4. The molecule has 2 aromatic rings. The van der Waals surface area contributed by atoms with Crippen LogP contribution >= 0.6 is 0 Å². The van der Waals surface area contributed by atoms with E-state index in [1.807, 2.05) is 12.1 Å². The Bertz CT molecular complexity index is 668. The second-order valence-corrected chi connectivity index (χ2v) is 6.70. The summed E-state index contributed by atoms with van der Waals surface area (Å²) in [4.78, 5) is 7.24. The molecular weight excluding hydrogens is 301 g/mol. The number of halogens is 1. The summed E-state index contributed by atoms with van der Waals surface area (Å²) in [6.45, 7) is 6.07. The number of anilines is 2. The number of hydrogen-bond donors (Lipinski definition) is 0. The molecule has 1 atom stereocenters. The number of para-hydroxylation sites is 2. The molecule has 2 aromatic carbocycles. The molecule has 24 heavy (non-hydrogen) atoms. The van der Waals surface area contributed by atoms with Gasteiger partial charge in [-0.15, -0.1) is 0 Å². The van der Waals surface area contributed by atoms with Crippen LogP contribution in [0, 0.1) is 5.82 Å². The molecule has 0 saturated carbocycles. The molecule has 2 aliphatic heterocycles. The van der Waals surface area contributed by atoms with Crippen LogP contribution in [0.25, 0.3) is 0 Å². The van der Waals surface area contributed by atoms with Crippen LogP contribution in [0.5, 0.6) is 0 Å². The molecule has 0 radical (unpaired) electrons. The van der Waals surface area contributed by atoms with Gasteiger partial charge in [-0.1, -0.05) is 30.3 Å². The van der Waals surface area contributed by atoms with Crippen molar-refractivity contribution in [3.63, 3.8) is 0 Å². The molecule has 0 N–H and O–H groups in total. The molecule has 2 saturated heterocycles. The van der Waals surface area contributed by atoms with Gasteiger partial charge in [-0.3, -0.25) is 4.90 Å². The summed E-state index contributed by atoms with van der Waals surface area (Å²) in [7, 11) is 0. The molecule has 2 aliphatic rings. The largest absolute Gasteiger partial charge is 0.370 e. The van der Waals surface area contributed by atoms with Crippen molar-refractivity contribution in [3.05, 3.63) is 60.4 Å². The van der Waals surface area contributed by atoms with Crippen molar-refractivity contribution in [2.45, 2.75) is 12.5 Å². The second-order valence-electron chi connectivity index (χ2n) is 6.70. The fraction of sp³-hybridized carbons (Fsp3) is 0.400. The predicted molar refractivity (Wildman–Crippen MR) is 97.2 cm³/mol. The summed E-state index contributed by atoms with van der Waals surface area (Å²) in [6.07, 6.45) is 1.22. The average molecular weight is 325 g/mol.